The van der Waals surface area contributed by atoms with Crippen molar-refractivity contribution in [3.05, 3.63) is 53.8 Å². The third-order valence-corrected chi connectivity index (χ3v) is 3.06. The van der Waals surface area contributed by atoms with Gasteiger partial charge in [0.1, 0.15) is 0 Å². The lowest BCUT2D eigenvalue weighted by Gasteiger charge is -1.97. The number of pyridine rings is 1. The molecule has 0 N–H and O–H groups in total. The average Bonchev–Trinajstić information content (AvgIpc) is 2.83. The predicted octanol–water partition coefficient (Wildman–Crippen LogP) is 3.20. The van der Waals surface area contributed by atoms with E-state index in [1.807, 2.05) is 43.4 Å². The minimum absolute atomic E-state index is 0.686. The quantitative estimate of drug-likeness (QED) is 0.718. The predicted molar refractivity (Wildman–Crippen MR) is 74.7 cm³/mol. The Morgan fingerprint density at radius 1 is 0.947 bits per heavy atom. The summed E-state index contributed by atoms with van der Waals surface area (Å²) in [6.07, 6.45) is 3.48. The Labute approximate surface area is 115 Å². The van der Waals surface area contributed by atoms with Gasteiger partial charge in [0.05, 0.1) is 0 Å². The standard InChI is InChI=1S/C14H11ClN4/c1-19-14(11-6-8-16-9-7-11)17-13(18-19)10-2-4-12(15)5-3-10/h2-9H,1H3. The lowest BCUT2D eigenvalue weighted by molar-refractivity contribution is 0.777. The summed E-state index contributed by atoms with van der Waals surface area (Å²) in [7, 11) is 1.88. The number of hydrogen-bond donors (Lipinski definition) is 0. The van der Waals surface area contributed by atoms with E-state index < -0.39 is 0 Å². The van der Waals surface area contributed by atoms with E-state index in [1.54, 1.807) is 17.1 Å². The number of hydrogen-bond acceptors (Lipinski definition) is 3. The largest absolute Gasteiger partial charge is 0.265 e. The highest BCUT2D eigenvalue weighted by molar-refractivity contribution is 6.30. The van der Waals surface area contributed by atoms with Gasteiger partial charge in [-0.15, -0.1) is 0 Å². The molecule has 4 nitrogen and oxygen atoms in total. The van der Waals surface area contributed by atoms with Crippen LogP contribution in [-0.2, 0) is 7.05 Å². The highest BCUT2D eigenvalue weighted by atomic mass is 35.5. The first-order valence-corrected chi connectivity index (χ1v) is 6.19. The fraction of sp³-hybridized carbons (Fsp3) is 0.0714. The molecule has 0 aliphatic rings. The van der Waals surface area contributed by atoms with Crippen LogP contribution in [0.25, 0.3) is 22.8 Å². The zero-order valence-corrected chi connectivity index (χ0v) is 11.0. The first kappa shape index (κ1) is 11.9. The summed E-state index contributed by atoms with van der Waals surface area (Å²) in [5.74, 6) is 1.50. The smallest absolute Gasteiger partial charge is 0.181 e. The topological polar surface area (TPSA) is 43.6 Å². The second kappa shape index (κ2) is 4.82. The van der Waals surface area contributed by atoms with Crippen LogP contribution < -0.4 is 0 Å². The molecule has 0 aliphatic carbocycles. The van der Waals surface area contributed by atoms with Crippen LogP contribution in [0, 0.1) is 0 Å². The molecule has 2 heterocycles. The Kier molecular flexibility index (Phi) is 3.01. The maximum atomic E-state index is 5.88. The first-order valence-electron chi connectivity index (χ1n) is 5.81. The SMILES string of the molecule is Cn1nc(-c2ccc(Cl)cc2)nc1-c1ccncc1. The molecule has 0 saturated heterocycles. The van der Waals surface area contributed by atoms with Gasteiger partial charge in [-0.25, -0.2) is 9.67 Å². The second-order valence-electron chi connectivity index (χ2n) is 4.13. The molecule has 2 aromatic heterocycles. The number of aromatic nitrogens is 4. The van der Waals surface area contributed by atoms with E-state index in [2.05, 4.69) is 15.1 Å². The molecule has 0 aliphatic heterocycles. The Morgan fingerprint density at radius 2 is 1.63 bits per heavy atom. The second-order valence-corrected chi connectivity index (χ2v) is 4.56. The van der Waals surface area contributed by atoms with Crippen molar-refractivity contribution in [3.63, 3.8) is 0 Å². The van der Waals surface area contributed by atoms with Crippen LogP contribution in [0.3, 0.4) is 0 Å². The van der Waals surface area contributed by atoms with Gasteiger partial charge in [-0.05, 0) is 36.4 Å². The highest BCUT2D eigenvalue weighted by Gasteiger charge is 2.10. The van der Waals surface area contributed by atoms with Gasteiger partial charge in [0, 0.05) is 35.6 Å². The van der Waals surface area contributed by atoms with Crippen molar-refractivity contribution < 1.29 is 0 Å². The van der Waals surface area contributed by atoms with Crippen molar-refractivity contribution in [1.82, 2.24) is 19.7 Å². The van der Waals surface area contributed by atoms with E-state index in [9.17, 15) is 0 Å². The lowest BCUT2D eigenvalue weighted by Crippen LogP contribution is -1.94. The summed E-state index contributed by atoms with van der Waals surface area (Å²) in [6, 6.07) is 11.3. The molecular weight excluding hydrogens is 260 g/mol. The molecular formula is C14H11ClN4. The van der Waals surface area contributed by atoms with Crippen molar-refractivity contribution in [2.75, 3.05) is 0 Å². The summed E-state index contributed by atoms with van der Waals surface area (Å²) in [5, 5.41) is 5.13. The molecule has 0 bridgehead atoms. The van der Waals surface area contributed by atoms with Gasteiger partial charge in [-0.2, -0.15) is 5.10 Å². The van der Waals surface area contributed by atoms with E-state index >= 15 is 0 Å². The van der Waals surface area contributed by atoms with Crippen LogP contribution in [-0.4, -0.2) is 19.7 Å². The fourth-order valence-electron chi connectivity index (χ4n) is 1.86. The van der Waals surface area contributed by atoms with Gasteiger partial charge in [0.15, 0.2) is 11.6 Å². The molecule has 5 heteroatoms. The summed E-state index contributed by atoms with van der Waals surface area (Å²) < 4.78 is 1.76. The van der Waals surface area contributed by atoms with E-state index in [0.29, 0.717) is 10.8 Å². The summed E-state index contributed by atoms with van der Waals surface area (Å²) in [5.41, 5.74) is 1.94. The molecule has 3 rings (SSSR count). The Bertz CT molecular complexity index is 689. The number of aryl methyl sites for hydroxylation is 1. The molecule has 0 radical (unpaired) electrons. The summed E-state index contributed by atoms with van der Waals surface area (Å²) in [6.45, 7) is 0. The van der Waals surface area contributed by atoms with Gasteiger partial charge < -0.3 is 0 Å². The zero-order valence-electron chi connectivity index (χ0n) is 10.3. The van der Waals surface area contributed by atoms with Crippen LogP contribution in [0.5, 0.6) is 0 Å². The minimum Gasteiger partial charge on any atom is -0.265 e. The fourth-order valence-corrected chi connectivity index (χ4v) is 1.98. The van der Waals surface area contributed by atoms with Crippen LogP contribution >= 0.6 is 11.6 Å². The zero-order chi connectivity index (χ0) is 13.2. The van der Waals surface area contributed by atoms with Gasteiger partial charge in [0.2, 0.25) is 0 Å². The van der Waals surface area contributed by atoms with Crippen molar-refractivity contribution in [3.8, 4) is 22.8 Å². The van der Waals surface area contributed by atoms with Gasteiger partial charge in [0.25, 0.3) is 0 Å². The molecule has 0 unspecified atom stereocenters. The van der Waals surface area contributed by atoms with E-state index in [1.165, 1.54) is 0 Å². The Morgan fingerprint density at radius 3 is 2.32 bits per heavy atom. The van der Waals surface area contributed by atoms with Gasteiger partial charge in [-0.3, -0.25) is 4.98 Å². The monoisotopic (exact) mass is 270 g/mol. The van der Waals surface area contributed by atoms with Gasteiger partial charge in [-0.1, -0.05) is 11.6 Å². The van der Waals surface area contributed by atoms with Crippen LogP contribution in [0.4, 0.5) is 0 Å². The number of benzene rings is 1. The number of nitrogens with zero attached hydrogens (tertiary/aromatic N) is 4. The molecule has 0 amide bonds. The van der Waals surface area contributed by atoms with Crippen molar-refractivity contribution in [1.29, 1.82) is 0 Å². The summed E-state index contributed by atoms with van der Waals surface area (Å²) in [4.78, 5) is 8.56. The molecule has 19 heavy (non-hydrogen) atoms. The van der Waals surface area contributed by atoms with Crippen molar-refractivity contribution >= 4 is 11.6 Å². The van der Waals surface area contributed by atoms with Crippen LogP contribution in [0.15, 0.2) is 48.8 Å². The first-order chi connectivity index (χ1) is 9.24. The average molecular weight is 271 g/mol. The molecule has 0 fully saturated rings. The van der Waals surface area contributed by atoms with Crippen molar-refractivity contribution in [2.45, 2.75) is 0 Å². The lowest BCUT2D eigenvalue weighted by atomic mass is 10.2. The molecule has 94 valence electrons. The maximum Gasteiger partial charge on any atom is 0.181 e. The van der Waals surface area contributed by atoms with Gasteiger partial charge >= 0.3 is 0 Å². The molecule has 1 aromatic carbocycles. The molecule has 3 aromatic rings. The van der Waals surface area contributed by atoms with Crippen molar-refractivity contribution in [2.24, 2.45) is 7.05 Å². The Balaban J connectivity index is 2.04. The number of rotatable bonds is 2. The maximum absolute atomic E-state index is 5.88. The Hall–Kier alpha value is -2.20. The molecule has 0 atom stereocenters. The van der Waals surface area contributed by atoms with E-state index in [-0.39, 0.29) is 0 Å². The van der Waals surface area contributed by atoms with E-state index in [0.717, 1.165) is 17.0 Å². The summed E-state index contributed by atoms with van der Waals surface area (Å²) >= 11 is 5.88. The number of halogens is 1. The van der Waals surface area contributed by atoms with E-state index in [4.69, 9.17) is 11.6 Å². The third kappa shape index (κ3) is 2.35. The molecule has 0 saturated carbocycles. The minimum atomic E-state index is 0.686. The normalized spacial score (nSPS) is 10.6. The molecule has 0 spiro atoms. The van der Waals surface area contributed by atoms with Crippen LogP contribution in [0.2, 0.25) is 5.02 Å². The highest BCUT2D eigenvalue weighted by Crippen LogP contribution is 2.22. The van der Waals surface area contributed by atoms with Crippen LogP contribution in [0.1, 0.15) is 0 Å². The third-order valence-electron chi connectivity index (χ3n) is 2.80.